The number of nitrogens with one attached hydrogen (secondary N) is 1. The Morgan fingerprint density at radius 3 is 2.30 bits per heavy atom. The smallest absolute Gasteiger partial charge is 0.228 e. The van der Waals surface area contributed by atoms with Crippen molar-refractivity contribution in [1.29, 1.82) is 0 Å². The minimum Gasteiger partial charge on any atom is -0.486 e. The molecule has 23 heavy (non-hydrogen) atoms. The van der Waals surface area contributed by atoms with Crippen molar-refractivity contribution >= 4 is 29.7 Å². The van der Waals surface area contributed by atoms with E-state index < -0.39 is 0 Å². The first-order valence-corrected chi connectivity index (χ1v) is 7.26. The monoisotopic (exact) mass is 334 g/mol. The van der Waals surface area contributed by atoms with Crippen molar-refractivity contribution in [3.05, 3.63) is 54.1 Å². The Labute approximate surface area is 143 Å². The molecule has 0 bridgehead atoms. The normalized spacial score (nSPS) is 10.6. The lowest BCUT2D eigenvalue weighted by Crippen LogP contribution is -2.24. The highest BCUT2D eigenvalue weighted by Gasteiger charge is 2.15. The summed E-state index contributed by atoms with van der Waals surface area (Å²) in [5, 5.41) is 2.90. The second-order valence-corrected chi connectivity index (χ2v) is 6.18. The van der Waals surface area contributed by atoms with Gasteiger partial charge in [0.15, 0.2) is 0 Å². The summed E-state index contributed by atoms with van der Waals surface area (Å²) in [6.07, 6.45) is 0.296. The summed E-state index contributed by atoms with van der Waals surface area (Å²) < 4.78 is 5.87. The summed E-state index contributed by atoms with van der Waals surface area (Å²) in [5.41, 5.74) is 7.61. The average molecular weight is 335 g/mol. The third-order valence-electron chi connectivity index (χ3n) is 2.92. The van der Waals surface area contributed by atoms with Crippen LogP contribution < -0.4 is 15.8 Å². The molecule has 2 aromatic rings. The van der Waals surface area contributed by atoms with E-state index in [-0.39, 0.29) is 23.9 Å². The molecule has 0 atom stereocenters. The van der Waals surface area contributed by atoms with Gasteiger partial charge in [-0.1, -0.05) is 24.3 Å². The summed E-state index contributed by atoms with van der Waals surface area (Å²) >= 11 is 0. The van der Waals surface area contributed by atoms with Gasteiger partial charge in [-0.15, -0.1) is 12.4 Å². The molecule has 0 spiro atoms. The molecule has 5 heteroatoms. The van der Waals surface area contributed by atoms with Crippen LogP contribution in [0.4, 0.5) is 11.4 Å². The Morgan fingerprint density at radius 2 is 1.70 bits per heavy atom. The van der Waals surface area contributed by atoms with Crippen LogP contribution in [0, 0.1) is 0 Å². The molecular weight excluding hydrogens is 312 g/mol. The molecule has 0 saturated carbocycles. The predicted octanol–water partition coefficient (Wildman–Crippen LogP) is 4.05. The van der Waals surface area contributed by atoms with Gasteiger partial charge in [-0.2, -0.15) is 0 Å². The van der Waals surface area contributed by atoms with Gasteiger partial charge in [-0.05, 0) is 50.6 Å². The highest BCUT2D eigenvalue weighted by molar-refractivity contribution is 5.93. The number of hydrogen-bond acceptors (Lipinski definition) is 3. The Hall–Kier alpha value is -2.20. The fourth-order valence-electron chi connectivity index (χ4n) is 2.00. The van der Waals surface area contributed by atoms with Gasteiger partial charge in [0, 0.05) is 5.69 Å². The third kappa shape index (κ3) is 6.20. The zero-order chi connectivity index (χ0) is 16.2. The maximum Gasteiger partial charge on any atom is 0.228 e. The average Bonchev–Trinajstić information content (AvgIpc) is 2.42. The fraction of sp³-hybridized carbons (Fsp3) is 0.278. The number of ether oxygens (including phenoxy) is 1. The van der Waals surface area contributed by atoms with Crippen LogP contribution >= 0.6 is 12.4 Å². The van der Waals surface area contributed by atoms with E-state index in [1.165, 1.54) is 0 Å². The molecule has 0 aliphatic carbocycles. The van der Waals surface area contributed by atoms with Crippen molar-refractivity contribution in [2.75, 3.05) is 11.1 Å². The highest BCUT2D eigenvalue weighted by atomic mass is 35.5. The quantitative estimate of drug-likeness (QED) is 0.829. The van der Waals surface area contributed by atoms with Crippen LogP contribution in [0.5, 0.6) is 5.75 Å². The molecule has 1 amide bonds. The van der Waals surface area contributed by atoms with Gasteiger partial charge >= 0.3 is 0 Å². The lowest BCUT2D eigenvalue weighted by molar-refractivity contribution is -0.115. The maximum atomic E-state index is 12.2. The number of carbonyl (C=O) groups is 1. The number of para-hydroxylation sites is 2. The van der Waals surface area contributed by atoms with Crippen molar-refractivity contribution in [3.63, 3.8) is 0 Å². The number of benzene rings is 2. The van der Waals surface area contributed by atoms with E-state index in [1.54, 1.807) is 12.1 Å². The highest BCUT2D eigenvalue weighted by Crippen LogP contribution is 2.27. The summed E-state index contributed by atoms with van der Waals surface area (Å²) in [4.78, 5) is 12.2. The van der Waals surface area contributed by atoms with Gasteiger partial charge in [-0.25, -0.2) is 0 Å². The van der Waals surface area contributed by atoms with Crippen LogP contribution in [0.3, 0.4) is 0 Å². The minimum absolute atomic E-state index is 0. The van der Waals surface area contributed by atoms with Gasteiger partial charge < -0.3 is 15.8 Å². The molecular formula is C18H23ClN2O2. The van der Waals surface area contributed by atoms with Crippen molar-refractivity contribution in [1.82, 2.24) is 0 Å². The van der Waals surface area contributed by atoms with E-state index in [9.17, 15) is 4.79 Å². The van der Waals surface area contributed by atoms with Crippen molar-refractivity contribution < 1.29 is 9.53 Å². The first-order valence-electron chi connectivity index (χ1n) is 7.26. The number of hydrogen-bond donors (Lipinski definition) is 2. The van der Waals surface area contributed by atoms with Gasteiger partial charge in [0.1, 0.15) is 11.4 Å². The molecule has 0 heterocycles. The van der Waals surface area contributed by atoms with E-state index in [1.807, 2.05) is 57.2 Å². The molecule has 0 aliphatic heterocycles. The molecule has 3 N–H and O–H groups in total. The fourth-order valence-corrected chi connectivity index (χ4v) is 2.00. The molecule has 0 aromatic heterocycles. The third-order valence-corrected chi connectivity index (χ3v) is 2.92. The number of rotatable bonds is 4. The molecule has 0 aliphatic rings. The Bertz CT molecular complexity index is 649. The maximum absolute atomic E-state index is 12.2. The Morgan fingerprint density at radius 1 is 1.09 bits per heavy atom. The van der Waals surface area contributed by atoms with E-state index in [2.05, 4.69) is 5.32 Å². The number of anilines is 2. The summed E-state index contributed by atoms with van der Waals surface area (Å²) in [6, 6.07) is 14.7. The summed E-state index contributed by atoms with van der Waals surface area (Å²) in [5.74, 6) is 0.579. The van der Waals surface area contributed by atoms with E-state index in [4.69, 9.17) is 10.5 Å². The lowest BCUT2D eigenvalue weighted by Gasteiger charge is -2.23. The van der Waals surface area contributed by atoms with Crippen molar-refractivity contribution in [2.24, 2.45) is 0 Å². The molecule has 0 saturated heterocycles. The summed E-state index contributed by atoms with van der Waals surface area (Å²) in [6.45, 7) is 5.92. The number of amides is 1. The van der Waals surface area contributed by atoms with Crippen LogP contribution in [0.15, 0.2) is 48.5 Å². The second kappa shape index (κ2) is 7.88. The largest absolute Gasteiger partial charge is 0.486 e. The van der Waals surface area contributed by atoms with E-state index in [0.29, 0.717) is 23.5 Å². The molecule has 124 valence electrons. The van der Waals surface area contributed by atoms with Crippen LogP contribution in [-0.4, -0.2) is 11.5 Å². The number of nitrogen functional groups attached to an aromatic ring is 1. The van der Waals surface area contributed by atoms with Crippen molar-refractivity contribution in [2.45, 2.75) is 32.8 Å². The number of halogens is 1. The SMILES string of the molecule is CC(C)(C)Oc1ccccc1NC(=O)Cc1ccc(N)cc1.Cl. The van der Waals surface area contributed by atoms with E-state index >= 15 is 0 Å². The Kier molecular flexibility index (Phi) is 6.46. The molecule has 0 radical (unpaired) electrons. The van der Waals surface area contributed by atoms with Crippen LogP contribution in [0.25, 0.3) is 0 Å². The number of nitrogens with two attached hydrogens (primary N) is 1. The minimum atomic E-state index is -0.322. The lowest BCUT2D eigenvalue weighted by atomic mass is 10.1. The van der Waals surface area contributed by atoms with Gasteiger partial charge in [-0.3, -0.25) is 4.79 Å². The predicted molar refractivity (Wildman–Crippen MR) is 97.3 cm³/mol. The number of carbonyl (C=O) groups excluding carboxylic acids is 1. The Balaban J connectivity index is 0.00000264. The zero-order valence-electron chi connectivity index (χ0n) is 13.6. The van der Waals surface area contributed by atoms with Gasteiger partial charge in [0.2, 0.25) is 5.91 Å². The topological polar surface area (TPSA) is 64.3 Å². The van der Waals surface area contributed by atoms with Crippen LogP contribution in [0.1, 0.15) is 26.3 Å². The molecule has 0 unspecified atom stereocenters. The molecule has 2 aromatic carbocycles. The van der Waals surface area contributed by atoms with Crippen molar-refractivity contribution in [3.8, 4) is 5.75 Å². The van der Waals surface area contributed by atoms with Gasteiger partial charge in [0.25, 0.3) is 0 Å². The molecule has 0 fully saturated rings. The second-order valence-electron chi connectivity index (χ2n) is 6.18. The van der Waals surface area contributed by atoms with E-state index in [0.717, 1.165) is 5.56 Å². The molecule has 2 rings (SSSR count). The first kappa shape index (κ1) is 18.8. The summed E-state index contributed by atoms with van der Waals surface area (Å²) in [7, 11) is 0. The van der Waals surface area contributed by atoms with Crippen LogP contribution in [0.2, 0.25) is 0 Å². The standard InChI is InChI=1S/C18H22N2O2.ClH/c1-18(2,3)22-16-7-5-4-6-15(16)20-17(21)12-13-8-10-14(19)11-9-13;/h4-11H,12,19H2,1-3H3,(H,20,21);1H. The zero-order valence-corrected chi connectivity index (χ0v) is 14.4. The molecule has 4 nitrogen and oxygen atoms in total. The first-order chi connectivity index (χ1) is 10.3. The van der Waals surface area contributed by atoms with Crippen LogP contribution in [-0.2, 0) is 11.2 Å². The van der Waals surface area contributed by atoms with Gasteiger partial charge in [0.05, 0.1) is 12.1 Å².